The first-order valence-electron chi connectivity index (χ1n) is 9.91. The number of benzene rings is 1. The van der Waals surface area contributed by atoms with Crippen molar-refractivity contribution in [1.29, 1.82) is 0 Å². The number of methoxy groups -OCH3 is 1. The number of rotatable bonds is 10. The quantitative estimate of drug-likeness (QED) is 0.586. The van der Waals surface area contributed by atoms with Gasteiger partial charge < -0.3 is 20.1 Å². The molecule has 0 spiro atoms. The van der Waals surface area contributed by atoms with Gasteiger partial charge in [0.25, 0.3) is 0 Å². The minimum atomic E-state index is 0. The molecule has 0 radical (unpaired) electrons. The number of piperidine rings is 1. The monoisotopic (exact) mass is 398 g/mol. The molecule has 1 aromatic rings. The van der Waals surface area contributed by atoms with Crippen molar-refractivity contribution in [1.82, 2.24) is 10.6 Å². The largest absolute Gasteiger partial charge is 0.493 e. The molecule has 2 unspecified atom stereocenters. The number of unbranched alkanes of at least 4 members (excludes halogenated alkanes) is 1. The number of hydrogen-bond acceptors (Lipinski definition) is 4. The van der Waals surface area contributed by atoms with E-state index in [9.17, 15) is 4.79 Å². The minimum Gasteiger partial charge on any atom is -0.493 e. The predicted molar refractivity (Wildman–Crippen MR) is 112 cm³/mol. The molecular weight excluding hydrogens is 364 g/mol. The Balaban J connectivity index is 0.00000364. The fourth-order valence-electron chi connectivity index (χ4n) is 3.36. The summed E-state index contributed by atoms with van der Waals surface area (Å²) in [5, 5.41) is 6.46. The van der Waals surface area contributed by atoms with E-state index in [1.165, 1.54) is 12.8 Å². The van der Waals surface area contributed by atoms with Gasteiger partial charge in [-0.25, -0.2) is 0 Å². The zero-order chi connectivity index (χ0) is 18.8. The van der Waals surface area contributed by atoms with Crippen molar-refractivity contribution in [3.8, 4) is 11.5 Å². The van der Waals surface area contributed by atoms with E-state index >= 15 is 0 Å². The molecule has 6 heteroatoms. The summed E-state index contributed by atoms with van der Waals surface area (Å²) in [5.74, 6) is 2.61. The molecule has 2 atom stereocenters. The van der Waals surface area contributed by atoms with Gasteiger partial charge in [-0.1, -0.05) is 26.3 Å². The average molecular weight is 399 g/mol. The molecule has 1 saturated heterocycles. The lowest BCUT2D eigenvalue weighted by molar-refractivity contribution is -0.122. The van der Waals surface area contributed by atoms with Crippen molar-refractivity contribution in [2.75, 3.05) is 26.8 Å². The van der Waals surface area contributed by atoms with Gasteiger partial charge in [0.1, 0.15) is 0 Å². The topological polar surface area (TPSA) is 59.6 Å². The highest BCUT2D eigenvalue weighted by Crippen LogP contribution is 2.28. The van der Waals surface area contributed by atoms with Gasteiger partial charge in [0.15, 0.2) is 11.5 Å². The molecule has 2 rings (SSSR count). The summed E-state index contributed by atoms with van der Waals surface area (Å²) in [6.07, 6.45) is 5.14. The second-order valence-electron chi connectivity index (χ2n) is 7.25. The smallest absolute Gasteiger partial charge is 0.220 e. The van der Waals surface area contributed by atoms with Crippen LogP contribution in [0.5, 0.6) is 11.5 Å². The van der Waals surface area contributed by atoms with Crippen LogP contribution in [0, 0.1) is 11.8 Å². The van der Waals surface area contributed by atoms with E-state index in [-0.39, 0.29) is 18.3 Å². The molecule has 154 valence electrons. The van der Waals surface area contributed by atoms with Crippen molar-refractivity contribution in [2.24, 2.45) is 11.8 Å². The van der Waals surface area contributed by atoms with Crippen LogP contribution in [-0.2, 0) is 11.3 Å². The first kappa shape index (κ1) is 23.6. The third-order valence-electron chi connectivity index (χ3n) is 5.12. The Morgan fingerprint density at radius 3 is 2.85 bits per heavy atom. The summed E-state index contributed by atoms with van der Waals surface area (Å²) < 4.78 is 11.2. The normalized spacial score (nSPS) is 17.5. The third-order valence-corrected chi connectivity index (χ3v) is 5.12. The summed E-state index contributed by atoms with van der Waals surface area (Å²) in [5.41, 5.74) is 1.02. The maximum absolute atomic E-state index is 12.3. The summed E-state index contributed by atoms with van der Waals surface area (Å²) in [6.45, 7) is 7.66. The number of halogens is 1. The Morgan fingerprint density at radius 1 is 1.37 bits per heavy atom. The average Bonchev–Trinajstić information content (AvgIpc) is 2.67. The predicted octanol–water partition coefficient (Wildman–Crippen LogP) is 3.94. The van der Waals surface area contributed by atoms with E-state index in [4.69, 9.17) is 9.47 Å². The van der Waals surface area contributed by atoms with Gasteiger partial charge in [-0.2, -0.15) is 0 Å². The van der Waals surface area contributed by atoms with E-state index in [2.05, 4.69) is 24.5 Å². The van der Waals surface area contributed by atoms with Crippen LogP contribution < -0.4 is 20.1 Å². The highest BCUT2D eigenvalue weighted by Gasteiger charge is 2.21. The Morgan fingerprint density at radius 2 is 2.19 bits per heavy atom. The summed E-state index contributed by atoms with van der Waals surface area (Å²) in [7, 11) is 1.64. The zero-order valence-corrected chi connectivity index (χ0v) is 17.7. The third kappa shape index (κ3) is 7.97. The number of amides is 1. The van der Waals surface area contributed by atoms with Gasteiger partial charge in [0.05, 0.1) is 13.7 Å². The van der Waals surface area contributed by atoms with Gasteiger partial charge >= 0.3 is 0 Å². The molecule has 27 heavy (non-hydrogen) atoms. The maximum atomic E-state index is 12.3. The van der Waals surface area contributed by atoms with Crippen molar-refractivity contribution >= 4 is 18.3 Å². The fraction of sp³-hybridized carbons (Fsp3) is 0.667. The zero-order valence-electron chi connectivity index (χ0n) is 16.9. The highest BCUT2D eigenvalue weighted by atomic mass is 35.5. The first-order valence-corrected chi connectivity index (χ1v) is 9.91. The van der Waals surface area contributed by atoms with Crippen LogP contribution in [0.25, 0.3) is 0 Å². The van der Waals surface area contributed by atoms with Crippen molar-refractivity contribution in [3.05, 3.63) is 23.8 Å². The highest BCUT2D eigenvalue weighted by molar-refractivity contribution is 5.85. The summed E-state index contributed by atoms with van der Waals surface area (Å²) in [6, 6.07) is 5.85. The van der Waals surface area contributed by atoms with Crippen LogP contribution in [0.15, 0.2) is 18.2 Å². The molecule has 1 aromatic carbocycles. The standard InChI is InChI=1S/C21H34N2O3.ClH/c1-4-5-11-26-19-9-8-17(13-20(19)25-3)14-23-21(24)12-16(2)18-7-6-10-22-15-18;/h8-9,13,16,18,22H,4-7,10-12,14-15H2,1-3H3,(H,23,24);1H. The lowest BCUT2D eigenvalue weighted by Gasteiger charge is -2.28. The van der Waals surface area contributed by atoms with Gasteiger partial charge in [-0.3, -0.25) is 4.79 Å². The van der Waals surface area contributed by atoms with Gasteiger partial charge in [0, 0.05) is 13.0 Å². The van der Waals surface area contributed by atoms with Crippen molar-refractivity contribution < 1.29 is 14.3 Å². The van der Waals surface area contributed by atoms with Crippen LogP contribution in [0.1, 0.15) is 51.5 Å². The molecule has 1 aliphatic heterocycles. The molecule has 0 aliphatic carbocycles. The van der Waals surface area contributed by atoms with E-state index in [1.807, 2.05) is 18.2 Å². The molecule has 5 nitrogen and oxygen atoms in total. The molecule has 1 heterocycles. The van der Waals surface area contributed by atoms with Crippen LogP contribution in [-0.4, -0.2) is 32.7 Å². The molecule has 1 amide bonds. The molecule has 1 fully saturated rings. The summed E-state index contributed by atoms with van der Waals surface area (Å²) in [4.78, 5) is 12.3. The van der Waals surface area contributed by atoms with Crippen LogP contribution in [0.2, 0.25) is 0 Å². The van der Waals surface area contributed by atoms with E-state index in [0.29, 0.717) is 31.4 Å². The van der Waals surface area contributed by atoms with E-state index in [1.54, 1.807) is 7.11 Å². The minimum absolute atomic E-state index is 0. The van der Waals surface area contributed by atoms with Gasteiger partial charge in [-0.15, -0.1) is 12.4 Å². The Kier molecular flexibility index (Phi) is 11.2. The molecule has 1 aliphatic rings. The second-order valence-corrected chi connectivity index (χ2v) is 7.25. The number of ether oxygens (including phenoxy) is 2. The number of hydrogen-bond donors (Lipinski definition) is 2. The molecule has 0 bridgehead atoms. The van der Waals surface area contributed by atoms with E-state index < -0.39 is 0 Å². The number of carbonyl (C=O) groups is 1. The number of carbonyl (C=O) groups excluding carboxylic acids is 1. The van der Waals surface area contributed by atoms with Crippen LogP contribution >= 0.6 is 12.4 Å². The Labute approximate surface area is 170 Å². The Hall–Kier alpha value is -1.46. The molecule has 2 N–H and O–H groups in total. The van der Waals surface area contributed by atoms with Crippen molar-refractivity contribution in [3.63, 3.8) is 0 Å². The Bertz CT molecular complexity index is 562. The lowest BCUT2D eigenvalue weighted by atomic mass is 9.85. The van der Waals surface area contributed by atoms with Gasteiger partial charge in [-0.05, 0) is 61.9 Å². The van der Waals surface area contributed by atoms with Crippen molar-refractivity contribution in [2.45, 2.75) is 52.5 Å². The maximum Gasteiger partial charge on any atom is 0.220 e. The number of nitrogens with one attached hydrogen (secondary N) is 2. The fourth-order valence-corrected chi connectivity index (χ4v) is 3.36. The summed E-state index contributed by atoms with van der Waals surface area (Å²) >= 11 is 0. The van der Waals surface area contributed by atoms with Crippen LogP contribution in [0.4, 0.5) is 0 Å². The van der Waals surface area contributed by atoms with Gasteiger partial charge in [0.2, 0.25) is 5.91 Å². The SMILES string of the molecule is CCCCOc1ccc(CNC(=O)CC(C)C2CCCNC2)cc1OC.Cl. The molecule has 0 saturated carbocycles. The van der Waals surface area contributed by atoms with E-state index in [0.717, 1.165) is 43.0 Å². The first-order chi connectivity index (χ1) is 12.6. The molecular formula is C21H35ClN2O3. The second kappa shape index (κ2) is 12.8. The lowest BCUT2D eigenvalue weighted by Crippen LogP contribution is -2.35. The molecule has 0 aromatic heterocycles. The van der Waals surface area contributed by atoms with Crippen LogP contribution in [0.3, 0.4) is 0 Å².